The maximum atomic E-state index is 12.9. The number of nitrogens with one attached hydrogen (secondary N) is 1. The number of methoxy groups -OCH3 is 2. The van der Waals surface area contributed by atoms with Crippen molar-refractivity contribution < 1.29 is 19.1 Å². The highest BCUT2D eigenvalue weighted by Crippen LogP contribution is 2.35. The minimum atomic E-state index is -0.575. The molecule has 1 aliphatic heterocycles. The van der Waals surface area contributed by atoms with E-state index in [9.17, 15) is 9.59 Å². The lowest BCUT2D eigenvalue weighted by molar-refractivity contribution is -0.120. The Kier molecular flexibility index (Phi) is 5.10. The minimum absolute atomic E-state index is 0.00792. The summed E-state index contributed by atoms with van der Waals surface area (Å²) in [5.74, 6) is -0.0529. The number of aryl methyl sites for hydroxylation is 2. The van der Waals surface area contributed by atoms with Crippen LogP contribution < -0.4 is 19.7 Å². The van der Waals surface area contributed by atoms with E-state index in [0.29, 0.717) is 22.9 Å². The van der Waals surface area contributed by atoms with Crippen molar-refractivity contribution in [3.63, 3.8) is 0 Å². The number of benzene rings is 2. The minimum Gasteiger partial charge on any atom is -0.497 e. The molecule has 2 amide bonds. The molecule has 27 heavy (non-hydrogen) atoms. The highest BCUT2D eigenvalue weighted by Gasteiger charge is 2.39. The average Bonchev–Trinajstić information content (AvgIpc) is 2.87. The molecule has 1 heterocycles. The van der Waals surface area contributed by atoms with Crippen LogP contribution in [0.5, 0.6) is 11.5 Å². The van der Waals surface area contributed by atoms with Gasteiger partial charge in [-0.3, -0.25) is 9.59 Å². The summed E-state index contributed by atoms with van der Waals surface area (Å²) in [5, 5.41) is 2.74. The first-order valence-electron chi connectivity index (χ1n) is 8.22. The van der Waals surface area contributed by atoms with Crippen molar-refractivity contribution >= 4 is 34.8 Å². The van der Waals surface area contributed by atoms with Gasteiger partial charge in [-0.2, -0.15) is 0 Å². The van der Waals surface area contributed by atoms with Gasteiger partial charge < -0.3 is 14.8 Å². The Morgan fingerprint density at radius 1 is 0.926 bits per heavy atom. The Morgan fingerprint density at radius 3 is 2.30 bits per heavy atom. The summed E-state index contributed by atoms with van der Waals surface area (Å²) in [5.41, 5.74) is 2.97. The summed E-state index contributed by atoms with van der Waals surface area (Å²) in [6.45, 7) is 3.87. The molecule has 3 rings (SSSR count). The molecule has 0 saturated carbocycles. The van der Waals surface area contributed by atoms with Crippen molar-refractivity contribution in [2.24, 2.45) is 0 Å². The third kappa shape index (κ3) is 3.36. The van der Waals surface area contributed by atoms with Gasteiger partial charge >= 0.3 is 0 Å². The number of anilines is 2. The molecule has 0 fully saturated rings. The van der Waals surface area contributed by atoms with Gasteiger partial charge in [-0.25, -0.2) is 4.90 Å². The fourth-order valence-electron chi connectivity index (χ4n) is 2.76. The lowest BCUT2D eigenvalue weighted by Gasteiger charge is -2.17. The fourth-order valence-corrected chi connectivity index (χ4v) is 2.97. The Morgan fingerprint density at radius 2 is 1.67 bits per heavy atom. The largest absolute Gasteiger partial charge is 0.497 e. The summed E-state index contributed by atoms with van der Waals surface area (Å²) in [4.78, 5) is 26.6. The third-order valence-electron chi connectivity index (χ3n) is 4.44. The zero-order chi connectivity index (χ0) is 19.7. The van der Waals surface area contributed by atoms with Gasteiger partial charge in [0, 0.05) is 6.07 Å². The molecule has 0 spiro atoms. The Hall–Kier alpha value is -2.99. The third-order valence-corrected chi connectivity index (χ3v) is 4.79. The summed E-state index contributed by atoms with van der Waals surface area (Å²) < 4.78 is 10.5. The van der Waals surface area contributed by atoms with E-state index in [1.165, 1.54) is 14.2 Å². The van der Waals surface area contributed by atoms with Crippen molar-refractivity contribution in [2.45, 2.75) is 13.8 Å². The Bertz CT molecular complexity index is 968. The molecule has 140 valence electrons. The van der Waals surface area contributed by atoms with E-state index in [4.69, 9.17) is 21.1 Å². The SMILES string of the molecule is COc1ccc(OC)c(NC2=C(Cl)C(=O)N(c3ccc(C)c(C)c3)C2=O)c1. The predicted octanol–water partition coefficient (Wildman–Crippen LogP) is 3.76. The summed E-state index contributed by atoms with van der Waals surface area (Å²) in [7, 11) is 3.04. The van der Waals surface area contributed by atoms with Gasteiger partial charge in [-0.1, -0.05) is 17.7 Å². The molecule has 6 nitrogen and oxygen atoms in total. The van der Waals surface area contributed by atoms with E-state index in [1.807, 2.05) is 19.9 Å². The molecule has 0 unspecified atom stereocenters. The van der Waals surface area contributed by atoms with Crippen LogP contribution in [0.3, 0.4) is 0 Å². The number of ether oxygens (including phenoxy) is 2. The van der Waals surface area contributed by atoms with Crippen LogP contribution >= 0.6 is 11.6 Å². The van der Waals surface area contributed by atoms with Gasteiger partial charge in [-0.05, 0) is 49.2 Å². The van der Waals surface area contributed by atoms with Crippen molar-refractivity contribution in [2.75, 3.05) is 24.4 Å². The molecule has 2 aromatic rings. The molecule has 2 aromatic carbocycles. The number of imide groups is 1. The molecule has 0 radical (unpaired) electrons. The van der Waals surface area contributed by atoms with Crippen LogP contribution in [0, 0.1) is 13.8 Å². The molecule has 0 aliphatic carbocycles. The van der Waals surface area contributed by atoms with Gasteiger partial charge in [0.15, 0.2) is 0 Å². The molecule has 0 aromatic heterocycles. The van der Waals surface area contributed by atoms with E-state index in [2.05, 4.69) is 5.32 Å². The number of nitrogens with zero attached hydrogens (tertiary/aromatic N) is 1. The average molecular weight is 387 g/mol. The lowest BCUT2D eigenvalue weighted by Crippen LogP contribution is -2.32. The molecular formula is C20H19ClN2O4. The summed E-state index contributed by atoms with van der Waals surface area (Å²) in [6.07, 6.45) is 0. The van der Waals surface area contributed by atoms with Crippen LogP contribution in [0.2, 0.25) is 0 Å². The van der Waals surface area contributed by atoms with Crippen LogP contribution in [0.15, 0.2) is 47.1 Å². The first-order valence-corrected chi connectivity index (χ1v) is 8.60. The van der Waals surface area contributed by atoms with Gasteiger partial charge in [0.05, 0.1) is 25.6 Å². The predicted molar refractivity (Wildman–Crippen MR) is 104 cm³/mol. The van der Waals surface area contributed by atoms with Gasteiger partial charge in [0.2, 0.25) is 0 Å². The van der Waals surface area contributed by atoms with E-state index in [-0.39, 0.29) is 10.7 Å². The van der Waals surface area contributed by atoms with Gasteiger partial charge in [0.25, 0.3) is 11.8 Å². The maximum Gasteiger partial charge on any atom is 0.283 e. The number of hydrogen-bond donors (Lipinski definition) is 1. The van der Waals surface area contributed by atoms with Gasteiger partial charge in [0.1, 0.15) is 22.2 Å². The number of halogens is 1. The first kappa shape index (κ1) is 18.8. The normalized spacial score (nSPS) is 14.0. The summed E-state index contributed by atoms with van der Waals surface area (Å²) in [6, 6.07) is 10.4. The fraction of sp³-hybridized carbons (Fsp3) is 0.200. The Labute approximate surface area is 162 Å². The van der Waals surface area contributed by atoms with E-state index >= 15 is 0 Å². The highest BCUT2D eigenvalue weighted by molar-refractivity contribution is 6.53. The van der Waals surface area contributed by atoms with Crippen molar-refractivity contribution in [3.05, 3.63) is 58.3 Å². The van der Waals surface area contributed by atoms with Crippen LogP contribution in [-0.4, -0.2) is 26.0 Å². The monoisotopic (exact) mass is 386 g/mol. The molecule has 0 atom stereocenters. The quantitative estimate of drug-likeness (QED) is 0.792. The van der Waals surface area contributed by atoms with Crippen LogP contribution in [0.1, 0.15) is 11.1 Å². The van der Waals surface area contributed by atoms with Crippen LogP contribution in [0.25, 0.3) is 0 Å². The first-order chi connectivity index (χ1) is 12.9. The molecular weight excluding hydrogens is 368 g/mol. The standard InChI is InChI=1S/C20H19ClN2O4/c1-11-5-6-13(9-12(11)2)23-19(24)17(21)18(20(23)25)22-15-10-14(26-3)7-8-16(15)27-4/h5-10,22H,1-4H3. The number of hydrogen-bond acceptors (Lipinski definition) is 5. The zero-order valence-corrected chi connectivity index (χ0v) is 16.2. The van der Waals surface area contributed by atoms with Crippen LogP contribution in [-0.2, 0) is 9.59 Å². The molecule has 7 heteroatoms. The van der Waals surface area contributed by atoms with Crippen molar-refractivity contribution in [3.8, 4) is 11.5 Å². The molecule has 1 aliphatic rings. The van der Waals surface area contributed by atoms with Crippen molar-refractivity contribution in [1.29, 1.82) is 0 Å². The Balaban J connectivity index is 1.96. The van der Waals surface area contributed by atoms with E-state index in [1.54, 1.807) is 30.3 Å². The second-order valence-corrected chi connectivity index (χ2v) is 6.47. The van der Waals surface area contributed by atoms with Gasteiger partial charge in [-0.15, -0.1) is 0 Å². The zero-order valence-electron chi connectivity index (χ0n) is 15.4. The maximum absolute atomic E-state index is 12.9. The van der Waals surface area contributed by atoms with Crippen LogP contribution in [0.4, 0.5) is 11.4 Å². The number of amides is 2. The number of carbonyl (C=O) groups excluding carboxylic acids is 2. The lowest BCUT2D eigenvalue weighted by atomic mass is 10.1. The summed E-state index contributed by atoms with van der Waals surface area (Å²) >= 11 is 6.19. The molecule has 0 saturated heterocycles. The van der Waals surface area contributed by atoms with E-state index in [0.717, 1.165) is 16.0 Å². The smallest absolute Gasteiger partial charge is 0.283 e. The van der Waals surface area contributed by atoms with Crippen molar-refractivity contribution in [1.82, 2.24) is 0 Å². The second kappa shape index (κ2) is 7.32. The second-order valence-electron chi connectivity index (χ2n) is 6.09. The topological polar surface area (TPSA) is 67.9 Å². The highest BCUT2D eigenvalue weighted by atomic mass is 35.5. The van der Waals surface area contributed by atoms with E-state index < -0.39 is 11.8 Å². The molecule has 0 bridgehead atoms. The number of carbonyl (C=O) groups is 2. The molecule has 1 N–H and O–H groups in total. The number of rotatable bonds is 5.